The van der Waals surface area contributed by atoms with Crippen LogP contribution in [0.3, 0.4) is 0 Å². The van der Waals surface area contributed by atoms with Crippen LogP contribution in [-0.4, -0.2) is 34.4 Å². The number of hydrogen-bond acceptors (Lipinski definition) is 4. The van der Waals surface area contributed by atoms with Gasteiger partial charge in [-0.3, -0.25) is 0 Å². The quantitative estimate of drug-likeness (QED) is 0.598. The number of nitrogens with zero attached hydrogens (tertiary/aromatic N) is 2. The summed E-state index contributed by atoms with van der Waals surface area (Å²) < 4.78 is 13.2. The van der Waals surface area contributed by atoms with E-state index in [4.69, 9.17) is 0 Å². The van der Waals surface area contributed by atoms with Crippen molar-refractivity contribution >= 4 is 22.2 Å². The van der Waals surface area contributed by atoms with Crippen LogP contribution in [0.5, 0.6) is 5.75 Å². The smallest absolute Gasteiger partial charge is 0.120 e. The van der Waals surface area contributed by atoms with Gasteiger partial charge in [0, 0.05) is 25.2 Å². The first-order valence-electron chi connectivity index (χ1n) is 9.81. The van der Waals surface area contributed by atoms with E-state index in [1.807, 2.05) is 42.5 Å². The van der Waals surface area contributed by atoms with Crippen LogP contribution in [0.15, 0.2) is 70.5 Å². The van der Waals surface area contributed by atoms with Crippen molar-refractivity contribution in [3.8, 4) is 5.75 Å². The maximum Gasteiger partial charge on any atom is 0.120 e. The fourth-order valence-electron chi connectivity index (χ4n) is 3.85. The normalized spacial score (nSPS) is 14.8. The number of hydrogen-bond donors (Lipinski definition) is 1. The molecule has 0 aromatic heterocycles. The van der Waals surface area contributed by atoms with Crippen LogP contribution in [0.2, 0.25) is 0 Å². The van der Waals surface area contributed by atoms with E-state index in [-0.39, 0.29) is 7.43 Å². The first-order chi connectivity index (χ1) is 14.0. The minimum Gasteiger partial charge on any atom is -0.508 e. The van der Waals surface area contributed by atoms with Crippen LogP contribution in [0.1, 0.15) is 24.1 Å². The highest BCUT2D eigenvalue weighted by Gasteiger charge is 2.29. The van der Waals surface area contributed by atoms with E-state index >= 15 is 0 Å². The van der Waals surface area contributed by atoms with E-state index in [9.17, 15) is 9.32 Å². The van der Waals surface area contributed by atoms with Crippen molar-refractivity contribution in [2.24, 2.45) is 0 Å². The van der Waals surface area contributed by atoms with Gasteiger partial charge < -0.3 is 14.9 Å². The van der Waals surface area contributed by atoms with Crippen LogP contribution >= 0.6 is 0 Å². The summed E-state index contributed by atoms with van der Waals surface area (Å²) in [6.45, 7) is 6.46. The van der Waals surface area contributed by atoms with Gasteiger partial charge in [0.05, 0.1) is 32.0 Å². The number of para-hydroxylation sites is 2. The molecule has 4 rings (SSSR count). The predicted molar refractivity (Wildman–Crippen MR) is 125 cm³/mol. The summed E-state index contributed by atoms with van der Waals surface area (Å²) in [6.07, 6.45) is 0. The summed E-state index contributed by atoms with van der Waals surface area (Å²) in [5.41, 5.74) is 5.38. The lowest BCUT2D eigenvalue weighted by Crippen LogP contribution is -2.33. The van der Waals surface area contributed by atoms with Crippen LogP contribution < -0.4 is 4.90 Å². The van der Waals surface area contributed by atoms with Crippen molar-refractivity contribution in [2.45, 2.75) is 37.6 Å². The van der Waals surface area contributed by atoms with Crippen molar-refractivity contribution in [2.75, 3.05) is 25.0 Å². The molecule has 3 aromatic rings. The number of rotatable bonds is 5. The Hall–Kier alpha value is -2.63. The Morgan fingerprint density at radius 1 is 0.967 bits per heavy atom. The lowest BCUT2D eigenvalue weighted by molar-refractivity contribution is 0.328. The molecule has 1 aliphatic heterocycles. The average Bonchev–Trinajstić information content (AvgIpc) is 2.72. The fourth-order valence-corrected chi connectivity index (χ4v) is 5.29. The molecule has 0 amide bonds. The van der Waals surface area contributed by atoms with E-state index in [1.54, 1.807) is 6.07 Å². The Kier molecular flexibility index (Phi) is 6.64. The topological polar surface area (TPSA) is 43.8 Å². The Bertz CT molecular complexity index is 1080. The first kappa shape index (κ1) is 22.1. The van der Waals surface area contributed by atoms with Gasteiger partial charge in [-0.2, -0.15) is 0 Å². The summed E-state index contributed by atoms with van der Waals surface area (Å²) in [5.74, 6) is 0.329. The summed E-state index contributed by atoms with van der Waals surface area (Å²) in [7, 11) is 0.893. The molecule has 1 N–H and O–H groups in total. The highest BCUT2D eigenvalue weighted by atomic mass is 32.2. The molecule has 1 unspecified atom stereocenters. The Morgan fingerprint density at radius 3 is 2.43 bits per heavy atom. The highest BCUT2D eigenvalue weighted by Crippen LogP contribution is 2.44. The monoisotopic (exact) mass is 422 g/mol. The van der Waals surface area contributed by atoms with Crippen molar-refractivity contribution in [3.63, 3.8) is 0 Å². The lowest BCUT2D eigenvalue weighted by Gasteiger charge is -2.35. The molecule has 0 spiro atoms. The van der Waals surface area contributed by atoms with E-state index in [0.717, 1.165) is 39.8 Å². The molecular formula is C25H30N2O2S. The molecule has 0 saturated carbocycles. The van der Waals surface area contributed by atoms with Gasteiger partial charge >= 0.3 is 0 Å². The standard InChI is InChI=1S/C24H26N2O2S.CH4/c1-17-12-13-23-24(18(17)2)26(20-9-5-7-11-22(20)29(23)28)15-14-25(3)16-19-8-4-6-10-21(19)27;/h4-13,27H,14-16H2,1-3H3;1H4. The van der Waals surface area contributed by atoms with E-state index < -0.39 is 10.8 Å². The zero-order chi connectivity index (χ0) is 20.5. The van der Waals surface area contributed by atoms with Crippen LogP contribution in [0.4, 0.5) is 11.4 Å². The highest BCUT2D eigenvalue weighted by molar-refractivity contribution is 7.85. The van der Waals surface area contributed by atoms with Crippen LogP contribution in [0.25, 0.3) is 0 Å². The molecule has 1 heterocycles. The largest absolute Gasteiger partial charge is 0.508 e. The van der Waals surface area contributed by atoms with Crippen LogP contribution in [0, 0.1) is 13.8 Å². The summed E-state index contributed by atoms with van der Waals surface area (Å²) in [6, 6.07) is 19.5. The molecule has 30 heavy (non-hydrogen) atoms. The van der Waals surface area contributed by atoms with Crippen molar-refractivity contribution in [1.29, 1.82) is 0 Å². The number of phenols is 1. The zero-order valence-corrected chi connectivity index (χ0v) is 17.9. The number of likely N-dealkylation sites (N-methyl/N-ethyl adjacent to an activating group) is 1. The van der Waals surface area contributed by atoms with Gasteiger partial charge in [-0.15, -0.1) is 0 Å². The van der Waals surface area contributed by atoms with Crippen molar-refractivity contribution < 1.29 is 9.32 Å². The molecule has 1 atom stereocenters. The van der Waals surface area contributed by atoms with Gasteiger partial charge in [-0.1, -0.05) is 43.8 Å². The lowest BCUT2D eigenvalue weighted by atomic mass is 10.1. The molecule has 1 aliphatic rings. The van der Waals surface area contributed by atoms with E-state index in [0.29, 0.717) is 12.3 Å². The van der Waals surface area contributed by atoms with E-state index in [1.165, 1.54) is 11.1 Å². The fraction of sp³-hybridized carbons (Fsp3) is 0.280. The number of aromatic hydroxyl groups is 1. The molecule has 0 saturated heterocycles. The Balaban J connectivity index is 0.00000256. The molecule has 3 aromatic carbocycles. The third-order valence-corrected chi connectivity index (χ3v) is 7.10. The van der Waals surface area contributed by atoms with Gasteiger partial charge in [-0.25, -0.2) is 4.21 Å². The summed E-state index contributed by atoms with van der Waals surface area (Å²) in [5, 5.41) is 10.1. The zero-order valence-electron chi connectivity index (χ0n) is 17.1. The molecule has 0 fully saturated rings. The minimum atomic E-state index is -1.17. The molecule has 4 nitrogen and oxygen atoms in total. The third kappa shape index (κ3) is 4.00. The second-order valence-electron chi connectivity index (χ2n) is 7.61. The van der Waals surface area contributed by atoms with Gasteiger partial charge in [0.25, 0.3) is 0 Å². The average molecular weight is 423 g/mol. The summed E-state index contributed by atoms with van der Waals surface area (Å²) in [4.78, 5) is 6.26. The van der Waals surface area contributed by atoms with E-state index in [2.05, 4.69) is 42.8 Å². The first-order valence-corrected chi connectivity index (χ1v) is 11.0. The van der Waals surface area contributed by atoms with Gasteiger partial charge in [0.1, 0.15) is 5.75 Å². The minimum absolute atomic E-state index is 0. The number of aryl methyl sites for hydroxylation is 1. The maximum atomic E-state index is 13.2. The molecule has 5 heteroatoms. The SMILES string of the molecule is C.Cc1ccc2c(c1C)N(CCN(C)Cc1ccccc1O)c1ccccc1S2=O. The second kappa shape index (κ2) is 9.02. The molecule has 0 bridgehead atoms. The number of anilines is 2. The van der Waals surface area contributed by atoms with Crippen molar-refractivity contribution in [1.82, 2.24) is 4.90 Å². The Morgan fingerprint density at radius 2 is 1.67 bits per heavy atom. The van der Waals surface area contributed by atoms with Gasteiger partial charge in [-0.05, 0) is 56.3 Å². The molecule has 0 aliphatic carbocycles. The second-order valence-corrected chi connectivity index (χ2v) is 9.03. The maximum absolute atomic E-state index is 13.2. The number of phenolic OH excluding ortho intramolecular Hbond substituents is 1. The molecule has 0 radical (unpaired) electrons. The van der Waals surface area contributed by atoms with Gasteiger partial charge in [0.2, 0.25) is 0 Å². The summed E-state index contributed by atoms with van der Waals surface area (Å²) >= 11 is 0. The third-order valence-electron chi connectivity index (χ3n) is 5.63. The molecular weight excluding hydrogens is 392 g/mol. The number of benzene rings is 3. The van der Waals surface area contributed by atoms with Crippen molar-refractivity contribution in [3.05, 3.63) is 77.4 Å². The van der Waals surface area contributed by atoms with Gasteiger partial charge in [0.15, 0.2) is 0 Å². The number of fused-ring (bicyclic) bond motifs is 2. The van der Waals surface area contributed by atoms with Crippen LogP contribution in [-0.2, 0) is 17.3 Å². The molecule has 158 valence electrons. The Labute approximate surface area is 182 Å². The predicted octanol–water partition coefficient (Wildman–Crippen LogP) is 5.40.